The van der Waals surface area contributed by atoms with Gasteiger partial charge in [-0.2, -0.15) is 5.26 Å². The van der Waals surface area contributed by atoms with Gasteiger partial charge in [0.25, 0.3) is 0 Å². The van der Waals surface area contributed by atoms with Crippen LogP contribution in [0.3, 0.4) is 0 Å². The molecule has 2 unspecified atom stereocenters. The van der Waals surface area contributed by atoms with Crippen molar-refractivity contribution in [1.29, 1.82) is 5.26 Å². The second kappa shape index (κ2) is 9.29. The van der Waals surface area contributed by atoms with Crippen LogP contribution in [-0.2, 0) is 0 Å². The van der Waals surface area contributed by atoms with E-state index in [1.165, 1.54) is 16.2 Å². The van der Waals surface area contributed by atoms with E-state index in [1.807, 2.05) is 24.3 Å². The molecule has 30 heavy (non-hydrogen) atoms. The summed E-state index contributed by atoms with van der Waals surface area (Å²) in [6, 6.07) is 30.9. The Kier molecular flexibility index (Phi) is 6.55. The van der Waals surface area contributed by atoms with Crippen LogP contribution in [-0.4, -0.2) is 7.25 Å². The Morgan fingerprint density at radius 3 is 1.87 bits per heavy atom. The number of rotatable bonds is 3. The van der Waals surface area contributed by atoms with Gasteiger partial charge in [0.15, 0.2) is 0 Å². The predicted octanol–water partition coefficient (Wildman–Crippen LogP) is 5.06. The number of nitrogens with zero attached hydrogens (tertiary/aromatic N) is 2. The number of hydrogen-bond donors (Lipinski definition) is 1. The number of halogens is 4. The molecule has 3 aromatic carbocycles. The van der Waals surface area contributed by atoms with Gasteiger partial charge in [-0.05, 0) is 48.5 Å². The van der Waals surface area contributed by atoms with Crippen molar-refractivity contribution in [2.24, 2.45) is 0 Å². The third-order valence-electron chi connectivity index (χ3n) is 4.50. The standard InChI is InChI=1S/C22H17N3.BF4/c23-17-18-11-13-19(14-12-18)22-24(20-7-3-1-4-8-20)15-16-25(22)21-9-5-2-6-10-21;2-1(3,4)5/h1-16,22H;/q;-1/p+1. The maximum atomic E-state index is 9.75. The molecule has 0 aliphatic carbocycles. The SMILES string of the molecule is F[B-](F)(F)F.N#Cc1ccc(C2N(c3ccccc3)C=C[NH+]2c2ccccc2)cc1. The first-order chi connectivity index (χ1) is 14.4. The summed E-state index contributed by atoms with van der Waals surface area (Å²) in [4.78, 5) is 3.54. The van der Waals surface area contributed by atoms with Crippen molar-refractivity contribution < 1.29 is 22.2 Å². The third-order valence-corrected chi connectivity index (χ3v) is 4.50. The lowest BCUT2D eigenvalue weighted by atomic mass is 10.1. The van der Waals surface area contributed by atoms with Crippen LogP contribution in [0.1, 0.15) is 17.3 Å². The first kappa shape index (κ1) is 21.2. The number of nitriles is 1. The molecule has 1 aliphatic rings. The van der Waals surface area contributed by atoms with Crippen LogP contribution in [0.15, 0.2) is 97.3 Å². The van der Waals surface area contributed by atoms with E-state index in [9.17, 15) is 17.3 Å². The summed E-state index contributed by atoms with van der Waals surface area (Å²) in [7, 11) is -6.00. The molecule has 152 valence electrons. The van der Waals surface area contributed by atoms with Gasteiger partial charge >= 0.3 is 7.25 Å². The van der Waals surface area contributed by atoms with E-state index >= 15 is 0 Å². The van der Waals surface area contributed by atoms with Gasteiger partial charge in [0.2, 0.25) is 6.17 Å². The number of hydrogen-bond acceptors (Lipinski definition) is 2. The molecule has 4 rings (SSSR count). The largest absolute Gasteiger partial charge is 0.673 e. The molecule has 0 saturated carbocycles. The van der Waals surface area contributed by atoms with Crippen molar-refractivity contribution in [3.05, 3.63) is 108 Å². The molecule has 0 aromatic heterocycles. The van der Waals surface area contributed by atoms with E-state index in [4.69, 9.17) is 5.26 Å². The summed E-state index contributed by atoms with van der Waals surface area (Å²) >= 11 is 0. The summed E-state index contributed by atoms with van der Waals surface area (Å²) in [5.74, 6) is 0. The minimum absolute atomic E-state index is 0.0949. The molecule has 8 heteroatoms. The summed E-state index contributed by atoms with van der Waals surface area (Å²) in [5.41, 5.74) is 4.22. The van der Waals surface area contributed by atoms with Gasteiger partial charge in [-0.15, -0.1) is 0 Å². The van der Waals surface area contributed by atoms with Crippen LogP contribution < -0.4 is 9.80 Å². The monoisotopic (exact) mass is 411 g/mol. The number of nitrogens with one attached hydrogen (secondary N) is 1. The Hall–Kier alpha value is -3.57. The van der Waals surface area contributed by atoms with Gasteiger partial charge in [0.05, 0.1) is 17.8 Å². The molecule has 1 aliphatic heterocycles. The van der Waals surface area contributed by atoms with Gasteiger partial charge in [-0.25, -0.2) is 0 Å². The third kappa shape index (κ3) is 5.49. The first-order valence-electron chi connectivity index (χ1n) is 9.18. The molecular weight excluding hydrogens is 393 g/mol. The fourth-order valence-corrected chi connectivity index (χ4v) is 3.29. The Morgan fingerprint density at radius 1 is 0.800 bits per heavy atom. The normalized spacial score (nSPS) is 17.8. The van der Waals surface area contributed by atoms with E-state index in [2.05, 4.69) is 84.0 Å². The zero-order chi connectivity index (χ0) is 21.6. The molecule has 1 N–H and O–H groups in total. The van der Waals surface area contributed by atoms with Gasteiger partial charge in [0.1, 0.15) is 11.9 Å². The van der Waals surface area contributed by atoms with E-state index in [0.29, 0.717) is 5.56 Å². The smallest absolute Gasteiger partial charge is 0.418 e. The number of benzene rings is 3. The molecule has 0 amide bonds. The minimum Gasteiger partial charge on any atom is -0.418 e. The number of quaternary nitrogens is 1. The Bertz CT molecular complexity index is 961. The molecule has 0 radical (unpaired) electrons. The highest BCUT2D eigenvalue weighted by Gasteiger charge is 2.35. The molecule has 0 spiro atoms. The van der Waals surface area contributed by atoms with Crippen molar-refractivity contribution in [2.45, 2.75) is 6.17 Å². The lowest BCUT2D eigenvalue weighted by molar-refractivity contribution is -0.804. The van der Waals surface area contributed by atoms with Crippen molar-refractivity contribution in [2.75, 3.05) is 4.90 Å². The Labute approximate surface area is 172 Å². The Balaban J connectivity index is 0.000000461. The van der Waals surface area contributed by atoms with Crippen LogP contribution in [0.2, 0.25) is 0 Å². The fourth-order valence-electron chi connectivity index (χ4n) is 3.29. The second-order valence-corrected chi connectivity index (χ2v) is 6.51. The molecule has 0 saturated heterocycles. The van der Waals surface area contributed by atoms with Gasteiger partial charge in [-0.3, -0.25) is 9.80 Å². The summed E-state index contributed by atoms with van der Waals surface area (Å²) in [5, 5.41) is 9.08. The van der Waals surface area contributed by atoms with Crippen LogP contribution in [0, 0.1) is 11.3 Å². The van der Waals surface area contributed by atoms with E-state index in [-0.39, 0.29) is 6.17 Å². The molecule has 0 fully saturated rings. The maximum absolute atomic E-state index is 9.75. The average molecular weight is 411 g/mol. The second-order valence-electron chi connectivity index (χ2n) is 6.51. The van der Waals surface area contributed by atoms with Gasteiger partial charge in [0, 0.05) is 11.3 Å². The molecule has 2 atom stereocenters. The van der Waals surface area contributed by atoms with E-state index < -0.39 is 7.25 Å². The molecule has 3 nitrogen and oxygen atoms in total. The highest BCUT2D eigenvalue weighted by molar-refractivity contribution is 6.50. The van der Waals surface area contributed by atoms with Crippen LogP contribution in [0.4, 0.5) is 28.6 Å². The van der Waals surface area contributed by atoms with Crippen molar-refractivity contribution in [3.63, 3.8) is 0 Å². The highest BCUT2D eigenvalue weighted by Crippen LogP contribution is 2.28. The first-order valence-corrected chi connectivity index (χ1v) is 9.18. The predicted molar refractivity (Wildman–Crippen MR) is 109 cm³/mol. The lowest BCUT2D eigenvalue weighted by Crippen LogP contribution is -3.02. The van der Waals surface area contributed by atoms with E-state index in [1.54, 1.807) is 0 Å². The van der Waals surface area contributed by atoms with Crippen molar-refractivity contribution >= 4 is 18.6 Å². The van der Waals surface area contributed by atoms with Crippen LogP contribution in [0.25, 0.3) is 0 Å². The quantitative estimate of drug-likeness (QED) is 0.483. The van der Waals surface area contributed by atoms with Crippen molar-refractivity contribution in [3.8, 4) is 6.07 Å². The summed E-state index contributed by atoms with van der Waals surface area (Å²) in [6.07, 6.45) is 4.42. The Morgan fingerprint density at radius 2 is 1.33 bits per heavy atom. The minimum atomic E-state index is -6.00. The fraction of sp³-hybridized carbons (Fsp3) is 0.0455. The summed E-state index contributed by atoms with van der Waals surface area (Å²) < 4.78 is 39.0. The molecule has 1 heterocycles. The highest BCUT2D eigenvalue weighted by atomic mass is 19.5. The zero-order valence-corrected chi connectivity index (χ0v) is 15.8. The maximum Gasteiger partial charge on any atom is 0.673 e. The number of anilines is 1. The van der Waals surface area contributed by atoms with Crippen molar-refractivity contribution in [1.82, 2.24) is 0 Å². The zero-order valence-electron chi connectivity index (χ0n) is 15.8. The average Bonchev–Trinajstić information content (AvgIpc) is 3.19. The molecular formula is C22H18BF4N3. The molecule has 0 bridgehead atoms. The lowest BCUT2D eigenvalue weighted by Gasteiger charge is -2.28. The van der Waals surface area contributed by atoms with Crippen LogP contribution >= 0.6 is 0 Å². The molecule has 3 aromatic rings. The van der Waals surface area contributed by atoms with E-state index in [0.717, 1.165) is 5.69 Å². The summed E-state index contributed by atoms with van der Waals surface area (Å²) in [6.45, 7) is 0. The van der Waals surface area contributed by atoms with Gasteiger partial charge < -0.3 is 17.3 Å². The van der Waals surface area contributed by atoms with Crippen LogP contribution in [0.5, 0.6) is 0 Å². The van der Waals surface area contributed by atoms with Gasteiger partial charge in [-0.1, -0.05) is 36.4 Å². The topological polar surface area (TPSA) is 31.5 Å². The number of para-hydroxylation sites is 2.